The Labute approximate surface area is 64.4 Å². The van der Waals surface area contributed by atoms with Gasteiger partial charge in [0, 0.05) is 0 Å². The average Bonchev–Trinajstić information content (AvgIpc) is 1.88. The number of rotatable bonds is 2. The van der Waals surface area contributed by atoms with Crippen molar-refractivity contribution in [2.45, 2.75) is 20.3 Å². The van der Waals surface area contributed by atoms with Gasteiger partial charge in [-0.05, 0) is 23.4 Å². The molecule has 0 aliphatic carbocycles. The van der Waals surface area contributed by atoms with Crippen LogP contribution in [-0.2, 0) is 6.42 Å². The first-order chi connectivity index (χ1) is 4.79. The highest BCUT2D eigenvalue weighted by Gasteiger charge is 1.94. The van der Waals surface area contributed by atoms with Crippen molar-refractivity contribution in [2.75, 3.05) is 0 Å². The van der Waals surface area contributed by atoms with Crippen molar-refractivity contribution in [3.05, 3.63) is 29.3 Å². The predicted octanol–water partition coefficient (Wildman–Crippen LogP) is 3.47. The Bertz CT molecular complexity index is 179. The molecule has 0 aliphatic heterocycles. The molecule has 1 aromatic heterocycles. The first-order valence-electron chi connectivity index (χ1n) is 3.69. The van der Waals surface area contributed by atoms with E-state index in [0.29, 0.717) is 0 Å². The Morgan fingerprint density at radius 3 is 2.70 bits per heavy atom. The molecular formula is C9H13P. The third-order valence-electron chi connectivity index (χ3n) is 1.34. The van der Waals surface area contributed by atoms with Gasteiger partial charge in [-0.2, -0.15) is 0 Å². The molecule has 54 valence electrons. The molecule has 1 heterocycles. The third-order valence-corrected chi connectivity index (χ3v) is 2.33. The lowest BCUT2D eigenvalue weighted by Crippen LogP contribution is -1.90. The predicted molar refractivity (Wildman–Crippen MR) is 47.5 cm³/mol. The molecule has 10 heavy (non-hydrogen) atoms. The van der Waals surface area contributed by atoms with Crippen LogP contribution < -0.4 is 0 Å². The second-order valence-electron chi connectivity index (χ2n) is 2.92. The maximum atomic E-state index is 2.26. The molecule has 0 atom stereocenters. The Morgan fingerprint density at radius 2 is 2.20 bits per heavy atom. The first-order valence-corrected chi connectivity index (χ1v) is 4.65. The minimum Gasteiger partial charge on any atom is -0.0729 e. The molecule has 0 aliphatic rings. The van der Waals surface area contributed by atoms with Gasteiger partial charge in [0.1, 0.15) is 0 Å². The van der Waals surface area contributed by atoms with E-state index in [0.717, 1.165) is 5.92 Å². The summed E-state index contributed by atoms with van der Waals surface area (Å²) in [7, 11) is 1.39. The van der Waals surface area contributed by atoms with E-state index in [1.54, 1.807) is 0 Å². The van der Waals surface area contributed by atoms with Gasteiger partial charge in [0.2, 0.25) is 0 Å². The summed E-state index contributed by atoms with van der Waals surface area (Å²) in [5, 5.41) is 1.54. The maximum absolute atomic E-state index is 2.26. The van der Waals surface area contributed by atoms with Crippen LogP contribution in [0.3, 0.4) is 0 Å². The second-order valence-corrected chi connectivity index (χ2v) is 4.05. The molecule has 1 aromatic rings. The van der Waals surface area contributed by atoms with Crippen molar-refractivity contribution in [1.29, 1.82) is 0 Å². The van der Waals surface area contributed by atoms with Crippen LogP contribution in [0.15, 0.2) is 24.0 Å². The van der Waals surface area contributed by atoms with Crippen LogP contribution in [0, 0.1) is 5.92 Å². The Kier molecular flexibility index (Phi) is 2.89. The molecule has 0 unspecified atom stereocenters. The maximum Gasteiger partial charge on any atom is -0.0204 e. The highest BCUT2D eigenvalue weighted by atomic mass is 31.0. The van der Waals surface area contributed by atoms with Crippen LogP contribution in [0.5, 0.6) is 0 Å². The number of hydrogen-bond acceptors (Lipinski definition) is 0. The van der Waals surface area contributed by atoms with Gasteiger partial charge in [-0.3, -0.25) is 0 Å². The van der Waals surface area contributed by atoms with Gasteiger partial charge >= 0.3 is 0 Å². The molecule has 0 aromatic carbocycles. The van der Waals surface area contributed by atoms with E-state index in [1.807, 2.05) is 0 Å². The van der Waals surface area contributed by atoms with Gasteiger partial charge in [-0.15, -0.1) is 0 Å². The normalized spacial score (nSPS) is 11.1. The van der Waals surface area contributed by atoms with Gasteiger partial charge < -0.3 is 0 Å². The van der Waals surface area contributed by atoms with Crippen molar-refractivity contribution in [3.63, 3.8) is 0 Å². The fourth-order valence-electron chi connectivity index (χ4n) is 0.937. The lowest BCUT2D eigenvalue weighted by atomic mass is 10.1. The molecular weight excluding hydrogens is 139 g/mol. The van der Waals surface area contributed by atoms with Crippen LogP contribution in [0.1, 0.15) is 19.1 Å². The molecule has 0 spiro atoms. The van der Waals surface area contributed by atoms with Crippen molar-refractivity contribution in [3.8, 4) is 0 Å². The minimum atomic E-state index is 0.790. The van der Waals surface area contributed by atoms with Crippen LogP contribution in [0.4, 0.5) is 0 Å². The molecule has 0 amide bonds. The topological polar surface area (TPSA) is 0 Å². The summed E-state index contributed by atoms with van der Waals surface area (Å²) < 4.78 is 0. The van der Waals surface area contributed by atoms with Gasteiger partial charge in [-0.25, -0.2) is 0 Å². The zero-order valence-corrected chi connectivity index (χ0v) is 7.44. The third kappa shape index (κ3) is 2.49. The number of hydrogen-bond donors (Lipinski definition) is 0. The van der Waals surface area contributed by atoms with Crippen LogP contribution in [0.2, 0.25) is 0 Å². The minimum absolute atomic E-state index is 0.790. The van der Waals surface area contributed by atoms with Crippen molar-refractivity contribution >= 4 is 8.19 Å². The largest absolute Gasteiger partial charge is 0.0729 e. The summed E-state index contributed by atoms with van der Waals surface area (Å²) in [6.07, 6.45) is 1.24. The quantitative estimate of drug-likeness (QED) is 0.608. The Balaban J connectivity index is 2.59. The summed E-state index contributed by atoms with van der Waals surface area (Å²) in [5.74, 6) is 2.98. The molecule has 0 radical (unpaired) electrons. The van der Waals surface area contributed by atoms with E-state index < -0.39 is 0 Å². The highest BCUT2D eigenvalue weighted by molar-refractivity contribution is 7.29. The Morgan fingerprint density at radius 1 is 1.40 bits per heavy atom. The van der Waals surface area contributed by atoms with E-state index in [4.69, 9.17) is 0 Å². The molecule has 0 saturated carbocycles. The lowest BCUT2D eigenvalue weighted by molar-refractivity contribution is 0.654. The fourth-order valence-corrected chi connectivity index (χ4v) is 1.96. The van der Waals surface area contributed by atoms with E-state index in [-0.39, 0.29) is 0 Å². The van der Waals surface area contributed by atoms with E-state index in [9.17, 15) is 0 Å². The van der Waals surface area contributed by atoms with Crippen LogP contribution in [-0.4, -0.2) is 0 Å². The van der Waals surface area contributed by atoms with Gasteiger partial charge in [0.05, 0.1) is 0 Å². The molecule has 0 fully saturated rings. The summed E-state index contributed by atoms with van der Waals surface area (Å²) >= 11 is 0. The standard InChI is InChI=1S/C9H13P/c1-8(2)7-9-5-3-4-6-10-9/h3-6,8H,7H2,1-2H3. The Hall–Kier alpha value is -0.350. The second kappa shape index (κ2) is 3.73. The van der Waals surface area contributed by atoms with Crippen molar-refractivity contribution in [1.82, 2.24) is 0 Å². The first kappa shape index (κ1) is 7.75. The molecule has 1 heteroatoms. The molecule has 0 saturated heterocycles. The molecule has 0 N–H and O–H groups in total. The van der Waals surface area contributed by atoms with E-state index in [1.165, 1.54) is 19.9 Å². The smallest absolute Gasteiger partial charge is 0.0204 e. The van der Waals surface area contributed by atoms with Gasteiger partial charge in [0.15, 0.2) is 0 Å². The summed E-state index contributed by atoms with van der Waals surface area (Å²) in [6.45, 7) is 4.52. The monoisotopic (exact) mass is 152 g/mol. The summed E-state index contributed by atoms with van der Waals surface area (Å²) in [5.41, 5.74) is 0. The fraction of sp³-hybridized carbons (Fsp3) is 0.444. The summed E-state index contributed by atoms with van der Waals surface area (Å²) in [6, 6.07) is 6.45. The lowest BCUT2D eigenvalue weighted by Gasteiger charge is -2.01. The zero-order valence-electron chi connectivity index (χ0n) is 6.54. The van der Waals surface area contributed by atoms with E-state index in [2.05, 4.69) is 37.8 Å². The zero-order chi connectivity index (χ0) is 7.40. The molecule has 0 bridgehead atoms. The molecule has 1 rings (SSSR count). The van der Waals surface area contributed by atoms with Crippen molar-refractivity contribution < 1.29 is 0 Å². The van der Waals surface area contributed by atoms with E-state index >= 15 is 0 Å². The summed E-state index contributed by atoms with van der Waals surface area (Å²) in [4.78, 5) is 0. The highest BCUT2D eigenvalue weighted by Crippen LogP contribution is 2.16. The SMILES string of the molecule is CC(C)Cc1ccccp1. The van der Waals surface area contributed by atoms with Gasteiger partial charge in [0.25, 0.3) is 0 Å². The van der Waals surface area contributed by atoms with Crippen molar-refractivity contribution in [2.24, 2.45) is 5.92 Å². The molecule has 0 nitrogen and oxygen atoms in total. The average molecular weight is 152 g/mol. The van der Waals surface area contributed by atoms with Crippen LogP contribution in [0.25, 0.3) is 0 Å². The van der Waals surface area contributed by atoms with Crippen LogP contribution >= 0.6 is 8.19 Å². The van der Waals surface area contributed by atoms with Gasteiger partial charge in [-0.1, -0.05) is 40.2 Å².